The van der Waals surface area contributed by atoms with E-state index in [-0.39, 0.29) is 17.5 Å². The molecular weight excluding hydrogens is 262 g/mol. The number of aryl methyl sites for hydroxylation is 2. The summed E-state index contributed by atoms with van der Waals surface area (Å²) >= 11 is 0. The third kappa shape index (κ3) is 2.64. The predicted molar refractivity (Wildman–Crippen MR) is 87.3 cm³/mol. The van der Waals surface area contributed by atoms with Crippen LogP contribution in [0.1, 0.15) is 56.7 Å². The molecule has 1 aliphatic heterocycles. The van der Waals surface area contributed by atoms with E-state index in [2.05, 4.69) is 57.1 Å². The van der Waals surface area contributed by atoms with E-state index >= 15 is 0 Å². The van der Waals surface area contributed by atoms with Gasteiger partial charge in [0.2, 0.25) is 0 Å². The second-order valence-electron chi connectivity index (χ2n) is 6.97. The highest BCUT2D eigenvalue weighted by molar-refractivity contribution is 5.85. The summed E-state index contributed by atoms with van der Waals surface area (Å²) in [6.45, 7) is 12.8. The van der Waals surface area contributed by atoms with Gasteiger partial charge in [-0.1, -0.05) is 13.0 Å². The molecule has 1 aromatic carbocycles. The highest BCUT2D eigenvalue weighted by Crippen LogP contribution is 2.45. The molecule has 4 nitrogen and oxygen atoms in total. The molecule has 4 heteroatoms. The number of nitrogens with two attached hydrogens (primary N) is 1. The van der Waals surface area contributed by atoms with E-state index in [1.54, 1.807) is 0 Å². The summed E-state index contributed by atoms with van der Waals surface area (Å²) in [4.78, 5) is 14.3. The van der Waals surface area contributed by atoms with Crippen LogP contribution in [0.25, 0.3) is 0 Å². The molecule has 2 atom stereocenters. The van der Waals surface area contributed by atoms with E-state index in [4.69, 9.17) is 5.84 Å². The summed E-state index contributed by atoms with van der Waals surface area (Å²) in [6.07, 6.45) is 1.02. The maximum Gasteiger partial charge on any atom is 0.256 e. The molecule has 116 valence electrons. The van der Waals surface area contributed by atoms with Crippen LogP contribution >= 0.6 is 0 Å². The number of nitrogens with zero attached hydrogens (tertiary/aromatic N) is 1. The average molecular weight is 289 g/mol. The van der Waals surface area contributed by atoms with Gasteiger partial charge in [-0.2, -0.15) is 0 Å². The largest absolute Gasteiger partial charge is 0.354 e. The van der Waals surface area contributed by atoms with Crippen molar-refractivity contribution in [2.75, 3.05) is 4.90 Å². The topological polar surface area (TPSA) is 58.4 Å². The van der Waals surface area contributed by atoms with Crippen LogP contribution in [0.15, 0.2) is 12.1 Å². The van der Waals surface area contributed by atoms with E-state index in [0.29, 0.717) is 5.92 Å². The number of hydrogen-bond acceptors (Lipinski definition) is 3. The Bertz CT molecular complexity index is 565. The number of nitrogens with one attached hydrogen (secondary N) is 1. The van der Waals surface area contributed by atoms with Gasteiger partial charge in [-0.25, -0.2) is 5.84 Å². The van der Waals surface area contributed by atoms with Gasteiger partial charge in [0.05, 0.1) is 0 Å². The van der Waals surface area contributed by atoms with E-state index in [9.17, 15) is 4.79 Å². The minimum Gasteiger partial charge on any atom is -0.354 e. The number of carbonyl (C=O) groups excluding carboxylic acids is 1. The number of anilines is 1. The molecule has 1 aliphatic rings. The molecule has 0 unspecified atom stereocenters. The van der Waals surface area contributed by atoms with Crippen molar-refractivity contribution in [1.29, 1.82) is 0 Å². The van der Waals surface area contributed by atoms with Gasteiger partial charge in [0.15, 0.2) is 0 Å². The Kier molecular flexibility index (Phi) is 4.02. The first-order valence-corrected chi connectivity index (χ1v) is 7.60. The first kappa shape index (κ1) is 15.8. The summed E-state index contributed by atoms with van der Waals surface area (Å²) in [6, 6.07) is 4.19. The maximum absolute atomic E-state index is 12.1. The minimum atomic E-state index is -0.293. The quantitative estimate of drug-likeness (QED) is 0.500. The molecule has 0 spiro atoms. The molecule has 0 fully saturated rings. The van der Waals surface area contributed by atoms with Crippen LogP contribution in [0.2, 0.25) is 0 Å². The van der Waals surface area contributed by atoms with Gasteiger partial charge in [0.25, 0.3) is 5.91 Å². The molecule has 0 saturated heterocycles. The second kappa shape index (κ2) is 5.34. The highest BCUT2D eigenvalue weighted by atomic mass is 16.2. The van der Waals surface area contributed by atoms with Crippen LogP contribution in [0.5, 0.6) is 0 Å². The third-order valence-electron chi connectivity index (χ3n) is 4.80. The first-order valence-electron chi connectivity index (χ1n) is 7.60. The molecule has 1 heterocycles. The van der Waals surface area contributed by atoms with Gasteiger partial charge in [0.1, 0.15) is 6.04 Å². The van der Waals surface area contributed by atoms with E-state index < -0.39 is 0 Å². The van der Waals surface area contributed by atoms with Crippen LogP contribution in [0.3, 0.4) is 0 Å². The molecule has 0 saturated carbocycles. The number of amides is 1. The number of hydrogen-bond donors (Lipinski definition) is 2. The summed E-state index contributed by atoms with van der Waals surface area (Å²) in [5.41, 5.74) is 7.25. The number of rotatable bonds is 2. The molecule has 3 N–H and O–H groups in total. The molecule has 0 radical (unpaired) electrons. The summed E-state index contributed by atoms with van der Waals surface area (Å²) in [5.74, 6) is 5.68. The van der Waals surface area contributed by atoms with E-state index in [1.807, 2.05) is 6.92 Å². The summed E-state index contributed by atoms with van der Waals surface area (Å²) in [7, 11) is 0. The zero-order valence-electron chi connectivity index (χ0n) is 13.9. The lowest BCUT2D eigenvalue weighted by Gasteiger charge is -2.50. The van der Waals surface area contributed by atoms with Crippen molar-refractivity contribution < 1.29 is 4.79 Å². The van der Waals surface area contributed by atoms with Crippen molar-refractivity contribution in [2.24, 2.45) is 5.84 Å². The third-order valence-corrected chi connectivity index (χ3v) is 4.80. The molecule has 0 aliphatic carbocycles. The number of benzene rings is 1. The lowest BCUT2D eigenvalue weighted by atomic mass is 9.78. The van der Waals surface area contributed by atoms with Crippen molar-refractivity contribution in [1.82, 2.24) is 5.43 Å². The van der Waals surface area contributed by atoms with Gasteiger partial charge in [-0.05, 0) is 69.7 Å². The summed E-state index contributed by atoms with van der Waals surface area (Å²) < 4.78 is 0. The summed E-state index contributed by atoms with van der Waals surface area (Å²) in [5, 5.41) is 0. The Hall–Kier alpha value is -1.55. The van der Waals surface area contributed by atoms with Crippen LogP contribution in [0, 0.1) is 13.8 Å². The zero-order chi connectivity index (χ0) is 15.9. The Morgan fingerprint density at radius 1 is 1.38 bits per heavy atom. The SMILES string of the molecule is Cc1cc2c(cc1C)N([C@H](C)C(=O)NN)C(C)(C)C[C@H]2C. The van der Waals surface area contributed by atoms with Gasteiger partial charge >= 0.3 is 0 Å². The number of fused-ring (bicyclic) bond motifs is 1. The standard InChI is InChI=1S/C17H27N3O/c1-10-7-14-12(3)9-17(5,6)20(13(4)16(21)19-18)15(14)8-11(10)2/h7-8,12-13H,9,18H2,1-6H3,(H,19,21)/t12-,13-/m1/s1. The van der Waals surface area contributed by atoms with Crippen molar-refractivity contribution in [3.05, 3.63) is 28.8 Å². The predicted octanol–water partition coefficient (Wildman–Crippen LogP) is 2.77. The molecule has 21 heavy (non-hydrogen) atoms. The fourth-order valence-electron chi connectivity index (χ4n) is 3.68. The van der Waals surface area contributed by atoms with Gasteiger partial charge in [0, 0.05) is 11.2 Å². The van der Waals surface area contributed by atoms with E-state index in [1.165, 1.54) is 16.7 Å². The van der Waals surface area contributed by atoms with Gasteiger partial charge in [-0.15, -0.1) is 0 Å². The maximum atomic E-state index is 12.1. The highest BCUT2D eigenvalue weighted by Gasteiger charge is 2.40. The smallest absolute Gasteiger partial charge is 0.256 e. The van der Waals surface area contributed by atoms with Gasteiger partial charge < -0.3 is 4.90 Å². The Labute approximate surface area is 127 Å². The number of hydrazine groups is 1. The fraction of sp³-hybridized carbons (Fsp3) is 0.588. The lowest BCUT2D eigenvalue weighted by molar-refractivity contribution is -0.122. The van der Waals surface area contributed by atoms with Crippen molar-refractivity contribution in [3.8, 4) is 0 Å². The Morgan fingerprint density at radius 3 is 2.52 bits per heavy atom. The van der Waals surface area contributed by atoms with Crippen LogP contribution < -0.4 is 16.2 Å². The van der Waals surface area contributed by atoms with Crippen molar-refractivity contribution in [3.63, 3.8) is 0 Å². The Balaban J connectivity index is 2.61. The zero-order valence-corrected chi connectivity index (χ0v) is 13.9. The van der Waals surface area contributed by atoms with Crippen LogP contribution in [-0.2, 0) is 4.79 Å². The molecule has 0 aromatic heterocycles. The second-order valence-corrected chi connectivity index (χ2v) is 6.97. The minimum absolute atomic E-state index is 0.0833. The monoisotopic (exact) mass is 289 g/mol. The van der Waals surface area contributed by atoms with E-state index in [0.717, 1.165) is 12.1 Å². The fourth-order valence-corrected chi connectivity index (χ4v) is 3.68. The Morgan fingerprint density at radius 2 is 1.95 bits per heavy atom. The molecule has 1 amide bonds. The molecule has 0 bridgehead atoms. The number of carbonyl (C=O) groups is 1. The average Bonchev–Trinajstić information content (AvgIpc) is 2.39. The van der Waals surface area contributed by atoms with Crippen LogP contribution in [0.4, 0.5) is 5.69 Å². The molecule has 1 aromatic rings. The molecular formula is C17H27N3O. The van der Waals surface area contributed by atoms with Crippen molar-refractivity contribution in [2.45, 2.75) is 65.5 Å². The van der Waals surface area contributed by atoms with Crippen LogP contribution in [-0.4, -0.2) is 17.5 Å². The normalized spacial score (nSPS) is 21.7. The lowest BCUT2D eigenvalue weighted by Crippen LogP contribution is -2.58. The van der Waals surface area contributed by atoms with Crippen molar-refractivity contribution >= 4 is 11.6 Å². The first-order chi connectivity index (χ1) is 9.69. The molecule has 2 rings (SSSR count). The van der Waals surface area contributed by atoms with Gasteiger partial charge in [-0.3, -0.25) is 10.2 Å².